The van der Waals surface area contributed by atoms with Crippen molar-refractivity contribution >= 4 is 107 Å². The Morgan fingerprint density at radius 3 is 1.22 bits per heavy atom. The minimum Gasteiger partial charge on any atom is -0.345 e. The van der Waals surface area contributed by atoms with Gasteiger partial charge >= 0.3 is 0 Å². The van der Waals surface area contributed by atoms with Crippen LogP contribution in [0.2, 0.25) is 0 Å². The molecule has 1 aliphatic heterocycles. The molecule has 0 bridgehead atoms. The van der Waals surface area contributed by atoms with Crippen molar-refractivity contribution in [2.45, 2.75) is 0 Å². The number of anilines is 11. The Hall–Kier alpha value is -9.52. The van der Waals surface area contributed by atoms with E-state index in [9.17, 15) is 0 Å². The molecule has 0 aliphatic carbocycles. The van der Waals surface area contributed by atoms with Gasteiger partial charge in [0.15, 0.2) is 0 Å². The van der Waals surface area contributed by atoms with Crippen molar-refractivity contribution in [1.82, 2.24) is 4.57 Å². The van der Waals surface area contributed by atoms with Crippen LogP contribution in [-0.4, -0.2) is 18.3 Å². The zero-order chi connectivity index (χ0) is 48.7. The first-order valence-electron chi connectivity index (χ1n) is 25.0. The van der Waals surface area contributed by atoms with Crippen molar-refractivity contribution in [1.29, 1.82) is 0 Å². The molecule has 11 aromatic carbocycles. The van der Waals surface area contributed by atoms with Crippen LogP contribution in [0.1, 0.15) is 0 Å². The highest BCUT2D eigenvalue weighted by atomic mass is 15.2. The average molecular weight is 936 g/mol. The molecule has 0 N–H and O–H groups in total. The second-order valence-corrected chi connectivity index (χ2v) is 18.6. The molecule has 5 nitrogen and oxygen atoms in total. The van der Waals surface area contributed by atoms with Crippen LogP contribution in [0.25, 0.3) is 27.5 Å². The first-order chi connectivity index (χ1) is 36.2. The van der Waals surface area contributed by atoms with Gasteiger partial charge in [-0.1, -0.05) is 163 Å². The molecule has 12 aromatic rings. The molecule has 1 aromatic heterocycles. The standard InChI is InChI=1S/C67H50BN5/c1-69(50-27-11-3-12-28-50)65-47-58(48-66-67(65)68(49-25-9-2-10-26-49)61-39-23-24-40-64(61)72(66)55-37-21-8-22-38-55)73-62-43-41-56(70(51-29-13-4-14-30-51)52-31-15-5-16-32-52)45-59(62)60-46-57(42-44-63(60)73)71(53-33-17-6-18-34-53)54-35-19-7-20-36-54/h2-48H,1H3. The van der Waals surface area contributed by atoms with Gasteiger partial charge in [-0.25, -0.2) is 0 Å². The van der Waals surface area contributed by atoms with E-state index in [4.69, 9.17) is 0 Å². The molecule has 1 aliphatic rings. The minimum absolute atomic E-state index is 0.0465. The summed E-state index contributed by atoms with van der Waals surface area (Å²) in [7, 11) is 2.22. The van der Waals surface area contributed by atoms with Crippen LogP contribution in [-0.2, 0) is 0 Å². The monoisotopic (exact) mass is 935 g/mol. The number of nitrogens with zero attached hydrogens (tertiary/aromatic N) is 5. The van der Waals surface area contributed by atoms with Crippen LogP contribution in [0.3, 0.4) is 0 Å². The molecule has 6 heteroatoms. The molecule has 13 rings (SSSR count). The van der Waals surface area contributed by atoms with E-state index >= 15 is 0 Å². The highest BCUT2D eigenvalue weighted by molar-refractivity contribution is 6.99. The Morgan fingerprint density at radius 2 is 0.740 bits per heavy atom. The highest BCUT2D eigenvalue weighted by Crippen LogP contribution is 2.45. The molecule has 0 unspecified atom stereocenters. The van der Waals surface area contributed by atoms with Crippen molar-refractivity contribution in [2.75, 3.05) is 26.6 Å². The fraction of sp³-hybridized carbons (Fsp3) is 0.0149. The van der Waals surface area contributed by atoms with Crippen LogP contribution in [0.15, 0.2) is 285 Å². The second-order valence-electron chi connectivity index (χ2n) is 18.6. The van der Waals surface area contributed by atoms with E-state index in [0.717, 1.165) is 84.4 Å². The smallest absolute Gasteiger partial charge is 0.249 e. The van der Waals surface area contributed by atoms with Gasteiger partial charge in [-0.05, 0) is 138 Å². The Morgan fingerprint density at radius 1 is 0.329 bits per heavy atom. The second kappa shape index (κ2) is 18.7. The number of hydrogen-bond acceptors (Lipinski definition) is 4. The van der Waals surface area contributed by atoms with Gasteiger partial charge in [-0.3, -0.25) is 0 Å². The molecule has 0 amide bonds. The minimum atomic E-state index is -0.0465. The summed E-state index contributed by atoms with van der Waals surface area (Å²) in [5.41, 5.74) is 19.2. The third kappa shape index (κ3) is 7.77. The maximum absolute atomic E-state index is 2.49. The number of benzene rings is 11. The van der Waals surface area contributed by atoms with Crippen LogP contribution in [0, 0.1) is 0 Å². The molecule has 0 fully saturated rings. The molecule has 346 valence electrons. The topological polar surface area (TPSA) is 17.9 Å². The molecule has 2 heterocycles. The van der Waals surface area contributed by atoms with Gasteiger partial charge in [0.1, 0.15) is 0 Å². The van der Waals surface area contributed by atoms with Gasteiger partial charge in [0.25, 0.3) is 0 Å². The van der Waals surface area contributed by atoms with E-state index in [0.29, 0.717) is 0 Å². The Kier molecular flexibility index (Phi) is 11.1. The predicted octanol–water partition coefficient (Wildman–Crippen LogP) is 15.8. The van der Waals surface area contributed by atoms with E-state index in [1.165, 1.54) is 22.1 Å². The van der Waals surface area contributed by atoms with Crippen molar-refractivity contribution in [2.24, 2.45) is 0 Å². The largest absolute Gasteiger partial charge is 0.345 e. The third-order valence-corrected chi connectivity index (χ3v) is 14.4. The molecule has 0 saturated heterocycles. The summed E-state index contributed by atoms with van der Waals surface area (Å²) >= 11 is 0. The van der Waals surface area contributed by atoms with E-state index in [2.05, 4.69) is 316 Å². The Balaban J connectivity index is 1.12. The average Bonchev–Trinajstić information content (AvgIpc) is 3.79. The first kappa shape index (κ1) is 43.5. The zero-order valence-electron chi connectivity index (χ0n) is 40.4. The van der Waals surface area contributed by atoms with Crippen LogP contribution in [0.4, 0.5) is 62.6 Å². The van der Waals surface area contributed by atoms with Gasteiger partial charge < -0.3 is 24.2 Å². The maximum Gasteiger partial charge on any atom is 0.249 e. The zero-order valence-corrected chi connectivity index (χ0v) is 40.4. The molecule has 0 atom stereocenters. The normalized spacial score (nSPS) is 11.8. The molecule has 73 heavy (non-hydrogen) atoms. The highest BCUT2D eigenvalue weighted by Gasteiger charge is 2.38. The summed E-state index contributed by atoms with van der Waals surface area (Å²) in [5.74, 6) is 0. The number of hydrogen-bond donors (Lipinski definition) is 0. The predicted molar refractivity (Wildman–Crippen MR) is 310 cm³/mol. The van der Waals surface area contributed by atoms with Crippen molar-refractivity contribution in [3.63, 3.8) is 0 Å². The quantitative estimate of drug-likeness (QED) is 0.120. The van der Waals surface area contributed by atoms with Gasteiger partial charge in [0, 0.05) is 80.4 Å². The summed E-state index contributed by atoms with van der Waals surface area (Å²) in [6.45, 7) is -0.0465. The lowest BCUT2D eigenvalue weighted by molar-refractivity contribution is 1.15. The first-order valence-corrected chi connectivity index (χ1v) is 25.0. The van der Waals surface area contributed by atoms with Crippen molar-refractivity contribution < 1.29 is 0 Å². The molecule has 0 spiro atoms. The Bertz CT molecular complexity index is 3650. The molecular weight excluding hydrogens is 886 g/mol. The van der Waals surface area contributed by atoms with Gasteiger partial charge in [-0.2, -0.15) is 0 Å². The number of rotatable bonds is 11. The van der Waals surface area contributed by atoms with Gasteiger partial charge in [-0.15, -0.1) is 0 Å². The number of aromatic nitrogens is 1. The number of fused-ring (bicyclic) bond motifs is 5. The maximum atomic E-state index is 2.49. The third-order valence-electron chi connectivity index (χ3n) is 14.4. The van der Waals surface area contributed by atoms with Crippen LogP contribution < -0.4 is 36.0 Å². The Labute approximate surface area is 427 Å². The van der Waals surface area contributed by atoms with E-state index in [1.807, 2.05) is 0 Å². The lowest BCUT2D eigenvalue weighted by atomic mass is 9.34. The summed E-state index contributed by atoms with van der Waals surface area (Å²) in [6, 6.07) is 103. The van der Waals surface area contributed by atoms with Crippen LogP contribution in [0.5, 0.6) is 0 Å². The van der Waals surface area contributed by atoms with E-state index in [-0.39, 0.29) is 6.71 Å². The fourth-order valence-electron chi connectivity index (χ4n) is 11.1. The molecule has 0 saturated carbocycles. The van der Waals surface area contributed by atoms with Gasteiger partial charge in [0.2, 0.25) is 6.71 Å². The van der Waals surface area contributed by atoms with E-state index < -0.39 is 0 Å². The summed E-state index contributed by atoms with van der Waals surface area (Å²) in [6.07, 6.45) is 0. The summed E-state index contributed by atoms with van der Waals surface area (Å²) in [5, 5.41) is 2.30. The number of para-hydroxylation sites is 7. The fourth-order valence-corrected chi connectivity index (χ4v) is 11.1. The van der Waals surface area contributed by atoms with Crippen LogP contribution >= 0.6 is 0 Å². The van der Waals surface area contributed by atoms with Crippen molar-refractivity contribution in [3.05, 3.63) is 285 Å². The van der Waals surface area contributed by atoms with Crippen molar-refractivity contribution in [3.8, 4) is 5.69 Å². The lowest BCUT2D eigenvalue weighted by Gasteiger charge is -2.40. The summed E-state index contributed by atoms with van der Waals surface area (Å²) in [4.78, 5) is 9.58. The van der Waals surface area contributed by atoms with Gasteiger partial charge in [0.05, 0.1) is 16.7 Å². The van der Waals surface area contributed by atoms with E-state index in [1.54, 1.807) is 0 Å². The molecule has 0 radical (unpaired) electrons. The lowest BCUT2D eigenvalue weighted by Crippen LogP contribution is -2.58. The summed E-state index contributed by atoms with van der Waals surface area (Å²) < 4.78 is 2.49. The SMILES string of the molecule is CN(c1ccccc1)c1cc(-n2c3ccc(N(c4ccccc4)c4ccccc4)cc3c3cc(N(c4ccccc4)c4ccccc4)ccc32)cc2c1B(c1ccccc1)c1ccccc1N2c1ccccc1. The molecular formula is C67H50BN5.